The molecule has 0 spiro atoms. The number of carboxylic acids is 1. The van der Waals surface area contributed by atoms with Gasteiger partial charge in [0.1, 0.15) is 0 Å². The minimum absolute atomic E-state index is 0. The second-order valence-electron chi connectivity index (χ2n) is 6.00. The summed E-state index contributed by atoms with van der Waals surface area (Å²) in [5, 5.41) is 8.51. The lowest BCUT2D eigenvalue weighted by Crippen LogP contribution is -2.05. The summed E-state index contributed by atoms with van der Waals surface area (Å²) in [6.07, 6.45) is 13.8. The van der Waals surface area contributed by atoms with Gasteiger partial charge in [-0.1, -0.05) is 64.7 Å². The van der Waals surface area contributed by atoms with Gasteiger partial charge < -0.3 is 16.0 Å². The van der Waals surface area contributed by atoms with Crippen LogP contribution in [0.25, 0.3) is 0 Å². The molecule has 5 nitrogen and oxygen atoms in total. The van der Waals surface area contributed by atoms with Gasteiger partial charge in [0.25, 0.3) is 0 Å². The van der Waals surface area contributed by atoms with Crippen LogP contribution in [0.4, 0.5) is 0 Å². The van der Waals surface area contributed by atoms with Gasteiger partial charge in [-0.25, -0.2) is 0 Å². The smallest absolute Gasteiger partial charge is 0.305 e. The van der Waals surface area contributed by atoms with E-state index in [9.17, 15) is 9.59 Å². The minimum atomic E-state index is -0.715. The number of carboxylic acid groups (broad SMARTS) is 1. The van der Waals surface area contributed by atoms with E-state index in [0.29, 0.717) is 13.0 Å². The van der Waals surface area contributed by atoms with Gasteiger partial charge in [0.15, 0.2) is 0 Å². The highest BCUT2D eigenvalue weighted by Gasteiger charge is 2.02. The van der Waals surface area contributed by atoms with Gasteiger partial charge in [-0.05, 0) is 19.3 Å². The Balaban J connectivity index is 0. The molecule has 0 unspecified atom stereocenters. The first-order valence-electron chi connectivity index (χ1n) is 9.04. The maximum absolute atomic E-state index is 11.5. The van der Waals surface area contributed by atoms with E-state index in [2.05, 4.69) is 6.92 Å². The molecule has 0 fully saturated rings. The third-order valence-corrected chi connectivity index (χ3v) is 3.78. The molecule has 0 aliphatic carbocycles. The van der Waals surface area contributed by atoms with E-state index in [-0.39, 0.29) is 18.5 Å². The summed E-state index contributed by atoms with van der Waals surface area (Å²) in [7, 11) is 0. The average molecular weight is 333 g/mol. The molecule has 0 saturated carbocycles. The number of ether oxygens (including phenoxy) is 1. The Morgan fingerprint density at radius 2 is 1.22 bits per heavy atom. The number of esters is 1. The van der Waals surface area contributed by atoms with Crippen molar-refractivity contribution in [3.8, 4) is 0 Å². The van der Waals surface area contributed by atoms with Crippen molar-refractivity contribution in [3.63, 3.8) is 0 Å². The minimum Gasteiger partial charge on any atom is -0.481 e. The summed E-state index contributed by atoms with van der Waals surface area (Å²) < 4.78 is 5.22. The molecular weight excluding hydrogens is 294 g/mol. The molecule has 0 aromatic carbocycles. The van der Waals surface area contributed by atoms with Crippen LogP contribution in [-0.2, 0) is 14.3 Å². The Kier molecular flexibility index (Phi) is 19.9. The highest BCUT2D eigenvalue weighted by atomic mass is 16.5. The molecule has 23 heavy (non-hydrogen) atoms. The van der Waals surface area contributed by atoms with Crippen molar-refractivity contribution in [2.45, 2.75) is 96.8 Å². The van der Waals surface area contributed by atoms with E-state index >= 15 is 0 Å². The Hall–Kier alpha value is -1.10. The zero-order valence-corrected chi connectivity index (χ0v) is 15.3. The third-order valence-electron chi connectivity index (χ3n) is 3.78. The quantitative estimate of drug-likeness (QED) is 0.289. The van der Waals surface area contributed by atoms with E-state index < -0.39 is 5.97 Å². The fraction of sp³-hybridized carbons (Fsp3) is 0.889. The maximum atomic E-state index is 11.5. The topological polar surface area (TPSA) is 100 Å². The number of unbranched alkanes of at least 4 members (excludes halogenated alkanes) is 10. The van der Waals surface area contributed by atoms with Crippen molar-refractivity contribution in [3.05, 3.63) is 0 Å². The monoisotopic (exact) mass is 332 g/mol. The van der Waals surface area contributed by atoms with Crippen LogP contribution < -0.4 is 6.15 Å². The first-order chi connectivity index (χ1) is 10.7. The van der Waals surface area contributed by atoms with Crippen molar-refractivity contribution < 1.29 is 19.4 Å². The van der Waals surface area contributed by atoms with E-state index in [1.54, 1.807) is 0 Å². The zero-order valence-electron chi connectivity index (χ0n) is 15.3. The number of aliphatic carboxylic acids is 1. The van der Waals surface area contributed by atoms with Crippen molar-refractivity contribution in [1.29, 1.82) is 0 Å². The average Bonchev–Trinajstić information content (AvgIpc) is 2.48. The number of hydrogen-bond acceptors (Lipinski definition) is 3. The fourth-order valence-corrected chi connectivity index (χ4v) is 2.39. The van der Waals surface area contributed by atoms with Crippen LogP contribution in [0.1, 0.15) is 96.8 Å². The molecule has 0 saturated heterocycles. The number of hydrogen-bond donors (Lipinski definition) is 2. The van der Waals surface area contributed by atoms with Crippen LogP contribution in [0.3, 0.4) is 0 Å². The van der Waals surface area contributed by atoms with Gasteiger partial charge >= 0.3 is 11.9 Å². The summed E-state index contributed by atoms with van der Waals surface area (Å²) in [6.45, 7) is 2.78. The molecule has 5 N–H and O–H groups in total. The number of rotatable bonds is 16. The normalized spacial score (nSPS) is 10.1. The molecule has 138 valence electrons. The molecule has 0 amide bonds. The SMILES string of the molecule is CCCCCCCCOC(=O)CCCCCCCCC(=O)O.[NH4+]. The lowest BCUT2D eigenvalue weighted by Gasteiger charge is -2.05. The van der Waals surface area contributed by atoms with Crippen molar-refractivity contribution in [1.82, 2.24) is 6.15 Å². The second kappa shape index (κ2) is 18.9. The highest BCUT2D eigenvalue weighted by molar-refractivity contribution is 5.69. The Bertz CT molecular complexity index is 282. The number of carbonyl (C=O) groups excluding carboxylic acids is 1. The van der Waals surface area contributed by atoms with E-state index in [4.69, 9.17) is 9.84 Å². The van der Waals surface area contributed by atoms with Crippen LogP contribution in [0.5, 0.6) is 0 Å². The first kappa shape index (κ1) is 24.2. The highest BCUT2D eigenvalue weighted by Crippen LogP contribution is 2.09. The molecular formula is C18H38NO4+. The molecule has 0 radical (unpaired) electrons. The van der Waals surface area contributed by atoms with Crippen LogP contribution in [0.15, 0.2) is 0 Å². The fourth-order valence-electron chi connectivity index (χ4n) is 2.39. The summed E-state index contributed by atoms with van der Waals surface area (Å²) in [6, 6.07) is 0. The maximum Gasteiger partial charge on any atom is 0.305 e. The molecule has 0 aromatic rings. The molecule has 0 heterocycles. The van der Waals surface area contributed by atoms with Crippen molar-refractivity contribution in [2.75, 3.05) is 6.61 Å². The van der Waals surface area contributed by atoms with Crippen LogP contribution in [-0.4, -0.2) is 23.7 Å². The zero-order chi connectivity index (χ0) is 16.5. The summed E-state index contributed by atoms with van der Waals surface area (Å²) in [5.74, 6) is -0.785. The third kappa shape index (κ3) is 20.9. The van der Waals surface area contributed by atoms with Crippen molar-refractivity contribution >= 4 is 11.9 Å². The van der Waals surface area contributed by atoms with Gasteiger partial charge in [0, 0.05) is 12.8 Å². The molecule has 0 aliphatic heterocycles. The predicted molar refractivity (Wildman–Crippen MR) is 94.9 cm³/mol. The van der Waals surface area contributed by atoms with Crippen LogP contribution in [0.2, 0.25) is 0 Å². The van der Waals surface area contributed by atoms with Gasteiger partial charge in [-0.3, -0.25) is 9.59 Å². The number of carbonyl (C=O) groups is 2. The Morgan fingerprint density at radius 3 is 1.78 bits per heavy atom. The lowest BCUT2D eigenvalue weighted by molar-refractivity contribution is -0.144. The van der Waals surface area contributed by atoms with E-state index in [0.717, 1.165) is 51.4 Å². The predicted octanol–water partition coefficient (Wildman–Crippen LogP) is 5.47. The Labute approximate surface area is 141 Å². The molecule has 0 bridgehead atoms. The van der Waals surface area contributed by atoms with Crippen LogP contribution in [0, 0.1) is 0 Å². The van der Waals surface area contributed by atoms with E-state index in [1.165, 1.54) is 25.7 Å². The molecule has 5 heteroatoms. The van der Waals surface area contributed by atoms with E-state index in [1.807, 2.05) is 0 Å². The molecule has 0 aliphatic rings. The van der Waals surface area contributed by atoms with Gasteiger partial charge in [-0.15, -0.1) is 0 Å². The number of quaternary nitrogens is 1. The van der Waals surface area contributed by atoms with Gasteiger partial charge in [0.05, 0.1) is 6.61 Å². The summed E-state index contributed by atoms with van der Waals surface area (Å²) in [4.78, 5) is 21.8. The molecule has 0 atom stereocenters. The van der Waals surface area contributed by atoms with Gasteiger partial charge in [-0.2, -0.15) is 0 Å². The molecule has 0 aromatic heterocycles. The van der Waals surface area contributed by atoms with Crippen LogP contribution >= 0.6 is 0 Å². The first-order valence-corrected chi connectivity index (χ1v) is 9.04. The summed E-state index contributed by atoms with van der Waals surface area (Å²) >= 11 is 0. The van der Waals surface area contributed by atoms with Crippen molar-refractivity contribution in [2.24, 2.45) is 0 Å². The lowest BCUT2D eigenvalue weighted by atomic mass is 10.1. The standard InChI is InChI=1S/C18H34O4.H3N/c1-2-3-4-5-10-13-16-22-18(21)15-12-9-7-6-8-11-14-17(19)20;/h2-16H2,1H3,(H,19,20);1H3/p+1. The largest absolute Gasteiger partial charge is 0.481 e. The Morgan fingerprint density at radius 1 is 0.739 bits per heavy atom. The second-order valence-corrected chi connectivity index (χ2v) is 6.00. The molecule has 0 rings (SSSR count). The van der Waals surface area contributed by atoms with Gasteiger partial charge in [0.2, 0.25) is 0 Å². The summed E-state index contributed by atoms with van der Waals surface area (Å²) in [5.41, 5.74) is 0.